The number of nitrogens with one attached hydrogen (secondary N) is 1. The van der Waals surface area contributed by atoms with Crippen LogP contribution in [0.2, 0.25) is 0 Å². The number of nitrogens with zero attached hydrogens (tertiary/aromatic N) is 1. The number of aromatic nitrogens is 2. The van der Waals surface area contributed by atoms with Gasteiger partial charge in [0.15, 0.2) is 0 Å². The van der Waals surface area contributed by atoms with Crippen molar-refractivity contribution in [2.24, 2.45) is 0 Å². The highest BCUT2D eigenvalue weighted by Gasteiger charge is 2.12. The van der Waals surface area contributed by atoms with E-state index < -0.39 is 5.97 Å². The standard InChI is InChI=1S/C16H11BrN2O2/c17-12-4-1-3-10(7-12)14(16(20)21)8-11-9-19-15-13(11)5-2-6-18-15/h1-9H,(H,18,19)(H,20,21). The number of carboxylic acid groups (broad SMARTS) is 1. The van der Waals surface area contributed by atoms with Crippen LogP contribution in [-0.2, 0) is 4.79 Å². The molecule has 3 rings (SSSR count). The monoisotopic (exact) mass is 342 g/mol. The third kappa shape index (κ3) is 2.73. The third-order valence-electron chi connectivity index (χ3n) is 3.15. The van der Waals surface area contributed by atoms with Crippen LogP contribution in [0.3, 0.4) is 0 Å². The van der Waals surface area contributed by atoms with Crippen LogP contribution in [0.1, 0.15) is 11.1 Å². The van der Waals surface area contributed by atoms with Crippen molar-refractivity contribution in [3.05, 3.63) is 64.4 Å². The second-order valence-corrected chi connectivity index (χ2v) is 5.43. The normalized spacial score (nSPS) is 11.8. The van der Waals surface area contributed by atoms with Gasteiger partial charge in [0.05, 0.1) is 5.57 Å². The highest BCUT2D eigenvalue weighted by Crippen LogP contribution is 2.25. The largest absolute Gasteiger partial charge is 0.478 e. The van der Waals surface area contributed by atoms with Gasteiger partial charge in [-0.15, -0.1) is 0 Å². The lowest BCUT2D eigenvalue weighted by molar-refractivity contribution is -0.130. The fourth-order valence-electron chi connectivity index (χ4n) is 2.18. The predicted octanol–water partition coefficient (Wildman–Crippen LogP) is 3.95. The number of carboxylic acids is 1. The van der Waals surface area contributed by atoms with Gasteiger partial charge in [-0.25, -0.2) is 9.78 Å². The lowest BCUT2D eigenvalue weighted by Crippen LogP contribution is -1.99. The number of pyridine rings is 1. The lowest BCUT2D eigenvalue weighted by Gasteiger charge is -2.03. The molecule has 0 unspecified atom stereocenters. The first-order valence-electron chi connectivity index (χ1n) is 6.28. The lowest BCUT2D eigenvalue weighted by atomic mass is 10.0. The van der Waals surface area contributed by atoms with Gasteiger partial charge in [0.2, 0.25) is 0 Å². The van der Waals surface area contributed by atoms with Crippen molar-refractivity contribution in [3.63, 3.8) is 0 Å². The van der Waals surface area contributed by atoms with Crippen LogP contribution < -0.4 is 0 Å². The van der Waals surface area contributed by atoms with Gasteiger partial charge < -0.3 is 10.1 Å². The molecule has 0 bridgehead atoms. The van der Waals surface area contributed by atoms with Crippen LogP contribution in [0.25, 0.3) is 22.7 Å². The van der Waals surface area contributed by atoms with Crippen molar-refractivity contribution < 1.29 is 9.90 Å². The number of rotatable bonds is 3. The van der Waals surface area contributed by atoms with Crippen LogP contribution in [0.5, 0.6) is 0 Å². The zero-order valence-electron chi connectivity index (χ0n) is 10.9. The van der Waals surface area contributed by atoms with Crippen molar-refractivity contribution in [1.82, 2.24) is 9.97 Å². The van der Waals surface area contributed by atoms with E-state index in [1.54, 1.807) is 30.6 Å². The summed E-state index contributed by atoms with van der Waals surface area (Å²) in [5.74, 6) is -0.966. The molecule has 5 heteroatoms. The molecule has 0 fully saturated rings. The summed E-state index contributed by atoms with van der Waals surface area (Å²) in [5.41, 5.74) is 2.43. The predicted molar refractivity (Wildman–Crippen MR) is 85.7 cm³/mol. The Morgan fingerprint density at radius 1 is 1.29 bits per heavy atom. The van der Waals surface area contributed by atoms with Gasteiger partial charge in [-0.3, -0.25) is 0 Å². The van der Waals surface area contributed by atoms with E-state index in [2.05, 4.69) is 25.9 Å². The van der Waals surface area contributed by atoms with Crippen molar-refractivity contribution in [3.8, 4) is 0 Å². The summed E-state index contributed by atoms with van der Waals surface area (Å²) in [5, 5.41) is 10.4. The van der Waals surface area contributed by atoms with Crippen molar-refractivity contribution in [2.45, 2.75) is 0 Å². The molecule has 0 aliphatic carbocycles. The van der Waals surface area contributed by atoms with Crippen LogP contribution >= 0.6 is 15.9 Å². The Morgan fingerprint density at radius 3 is 2.90 bits per heavy atom. The summed E-state index contributed by atoms with van der Waals surface area (Å²) in [7, 11) is 0. The Morgan fingerprint density at radius 2 is 2.14 bits per heavy atom. The summed E-state index contributed by atoms with van der Waals surface area (Å²) in [6.45, 7) is 0. The zero-order chi connectivity index (χ0) is 14.8. The van der Waals surface area contributed by atoms with Gasteiger partial charge in [-0.2, -0.15) is 0 Å². The average Bonchev–Trinajstić information content (AvgIpc) is 2.87. The van der Waals surface area contributed by atoms with Gasteiger partial charge in [-0.05, 0) is 35.9 Å². The Labute approximate surface area is 129 Å². The molecule has 0 saturated heterocycles. The van der Waals surface area contributed by atoms with Crippen molar-refractivity contribution >= 4 is 44.6 Å². The summed E-state index contributed by atoms with van der Waals surface area (Å²) in [4.78, 5) is 18.8. The average molecular weight is 343 g/mol. The number of hydrogen-bond acceptors (Lipinski definition) is 2. The first-order chi connectivity index (χ1) is 10.1. The minimum absolute atomic E-state index is 0.237. The van der Waals surface area contributed by atoms with Gasteiger partial charge in [0.25, 0.3) is 0 Å². The molecule has 4 nitrogen and oxygen atoms in total. The molecule has 0 atom stereocenters. The molecular formula is C16H11BrN2O2. The molecule has 0 aliphatic heterocycles. The first kappa shape index (κ1) is 13.6. The Bertz CT molecular complexity index is 852. The van der Waals surface area contributed by atoms with E-state index in [0.29, 0.717) is 5.56 Å². The molecule has 104 valence electrons. The van der Waals surface area contributed by atoms with Crippen molar-refractivity contribution in [2.75, 3.05) is 0 Å². The summed E-state index contributed by atoms with van der Waals surface area (Å²) < 4.78 is 0.841. The molecule has 0 radical (unpaired) electrons. The number of aromatic amines is 1. The number of aliphatic carboxylic acids is 1. The molecule has 2 heterocycles. The number of halogens is 1. The number of benzene rings is 1. The van der Waals surface area contributed by atoms with E-state index in [9.17, 15) is 9.90 Å². The zero-order valence-corrected chi connectivity index (χ0v) is 12.5. The second kappa shape index (κ2) is 5.54. The summed E-state index contributed by atoms with van der Waals surface area (Å²) in [6.07, 6.45) is 5.11. The van der Waals surface area contributed by atoms with Crippen LogP contribution in [0, 0.1) is 0 Å². The van der Waals surface area contributed by atoms with Crippen molar-refractivity contribution in [1.29, 1.82) is 0 Å². The summed E-state index contributed by atoms with van der Waals surface area (Å²) >= 11 is 3.36. The van der Waals surface area contributed by atoms with E-state index in [4.69, 9.17) is 0 Å². The van der Waals surface area contributed by atoms with E-state index >= 15 is 0 Å². The number of fused-ring (bicyclic) bond motifs is 1. The maximum atomic E-state index is 11.6. The fraction of sp³-hybridized carbons (Fsp3) is 0. The molecule has 2 aromatic heterocycles. The topological polar surface area (TPSA) is 66.0 Å². The summed E-state index contributed by atoms with van der Waals surface area (Å²) in [6, 6.07) is 11.0. The van der Waals surface area contributed by atoms with Crippen LogP contribution in [0.4, 0.5) is 0 Å². The molecule has 0 saturated carbocycles. The van der Waals surface area contributed by atoms with E-state index in [0.717, 1.165) is 21.1 Å². The van der Waals surface area contributed by atoms with Gasteiger partial charge in [0, 0.05) is 27.8 Å². The minimum atomic E-state index is -0.966. The highest BCUT2D eigenvalue weighted by atomic mass is 79.9. The van der Waals surface area contributed by atoms with Gasteiger partial charge in [-0.1, -0.05) is 28.1 Å². The molecule has 0 amide bonds. The van der Waals surface area contributed by atoms with Crippen LogP contribution in [-0.4, -0.2) is 21.0 Å². The Balaban J connectivity index is 2.15. The number of hydrogen-bond donors (Lipinski definition) is 2. The third-order valence-corrected chi connectivity index (χ3v) is 3.64. The van der Waals surface area contributed by atoms with Gasteiger partial charge >= 0.3 is 5.97 Å². The van der Waals surface area contributed by atoms with E-state index in [1.165, 1.54) is 0 Å². The number of carbonyl (C=O) groups is 1. The van der Waals surface area contributed by atoms with Crippen LogP contribution in [0.15, 0.2) is 53.3 Å². The number of H-pyrrole nitrogens is 1. The molecular weight excluding hydrogens is 332 g/mol. The highest BCUT2D eigenvalue weighted by molar-refractivity contribution is 9.10. The van der Waals surface area contributed by atoms with E-state index in [-0.39, 0.29) is 5.57 Å². The molecule has 0 spiro atoms. The Kier molecular flexibility index (Phi) is 3.58. The quantitative estimate of drug-likeness (QED) is 0.708. The molecule has 3 aromatic rings. The molecule has 2 N–H and O–H groups in total. The first-order valence-corrected chi connectivity index (χ1v) is 7.07. The minimum Gasteiger partial charge on any atom is -0.478 e. The van der Waals surface area contributed by atoms with Gasteiger partial charge in [0.1, 0.15) is 5.65 Å². The maximum absolute atomic E-state index is 11.6. The molecule has 21 heavy (non-hydrogen) atoms. The Hall–Kier alpha value is -2.40. The van der Waals surface area contributed by atoms with E-state index in [1.807, 2.05) is 24.3 Å². The smallest absolute Gasteiger partial charge is 0.336 e. The second-order valence-electron chi connectivity index (χ2n) is 4.52. The molecule has 1 aromatic carbocycles. The fourth-order valence-corrected chi connectivity index (χ4v) is 2.58. The maximum Gasteiger partial charge on any atom is 0.336 e. The SMILES string of the molecule is O=C(O)C(=Cc1c[nH]c2ncccc12)c1cccc(Br)c1. The molecule has 0 aliphatic rings.